The third kappa shape index (κ3) is 2.97. The quantitative estimate of drug-likeness (QED) is 0.651. The van der Waals surface area contributed by atoms with Gasteiger partial charge in [0.1, 0.15) is 11.7 Å². The van der Waals surface area contributed by atoms with Crippen LogP contribution in [-0.4, -0.2) is 29.0 Å². The Bertz CT molecular complexity index is 937. The molecular formula is C23H24N2O3. The van der Waals surface area contributed by atoms with E-state index >= 15 is 0 Å². The number of carbonyl (C=O) groups is 2. The lowest BCUT2D eigenvalue weighted by atomic mass is 9.73. The lowest BCUT2D eigenvalue weighted by molar-refractivity contribution is -0.173. The van der Waals surface area contributed by atoms with Crippen molar-refractivity contribution < 1.29 is 14.3 Å². The van der Waals surface area contributed by atoms with E-state index in [1.807, 2.05) is 62.4 Å². The van der Waals surface area contributed by atoms with E-state index in [0.717, 1.165) is 16.9 Å². The SMILES string of the molecule is C=CCN1C(=O)[C@@H](C(=O)Nc2ccc(C)cc2)[C@@H]2C[C@@]1(C)Oc1ccccc12. The molecule has 5 heteroatoms. The van der Waals surface area contributed by atoms with Crippen LogP contribution in [-0.2, 0) is 9.59 Å². The van der Waals surface area contributed by atoms with Crippen LogP contribution in [0.4, 0.5) is 5.69 Å². The van der Waals surface area contributed by atoms with Gasteiger partial charge in [-0.05, 0) is 37.6 Å². The molecule has 4 rings (SSSR count). The Labute approximate surface area is 165 Å². The maximum Gasteiger partial charge on any atom is 0.239 e. The van der Waals surface area contributed by atoms with Crippen LogP contribution in [0.15, 0.2) is 61.2 Å². The highest BCUT2D eigenvalue weighted by Crippen LogP contribution is 2.50. The summed E-state index contributed by atoms with van der Waals surface area (Å²) in [6.45, 7) is 8.00. The molecule has 1 fully saturated rings. The summed E-state index contributed by atoms with van der Waals surface area (Å²) in [6.07, 6.45) is 2.23. The zero-order chi connectivity index (χ0) is 19.9. The van der Waals surface area contributed by atoms with Crippen molar-refractivity contribution in [3.05, 3.63) is 72.3 Å². The molecular weight excluding hydrogens is 352 g/mol. The lowest BCUT2D eigenvalue weighted by Crippen LogP contribution is -2.64. The normalized spacial score (nSPS) is 25.5. The summed E-state index contributed by atoms with van der Waals surface area (Å²) in [5.41, 5.74) is 1.92. The molecule has 2 bridgehead atoms. The van der Waals surface area contributed by atoms with Crippen LogP contribution in [0.1, 0.15) is 30.4 Å². The fourth-order valence-corrected chi connectivity index (χ4v) is 4.28. The van der Waals surface area contributed by atoms with Crippen molar-refractivity contribution in [3.8, 4) is 5.75 Å². The summed E-state index contributed by atoms with van der Waals surface area (Å²) >= 11 is 0. The molecule has 0 aliphatic carbocycles. The Morgan fingerprint density at radius 1 is 1.29 bits per heavy atom. The van der Waals surface area contributed by atoms with Crippen molar-refractivity contribution >= 4 is 17.5 Å². The Hall–Kier alpha value is -3.08. The van der Waals surface area contributed by atoms with Crippen molar-refractivity contribution in [1.82, 2.24) is 4.90 Å². The average Bonchev–Trinajstić information content (AvgIpc) is 2.67. The number of nitrogens with zero attached hydrogens (tertiary/aromatic N) is 1. The first kappa shape index (κ1) is 18.3. The second-order valence-electron chi connectivity index (χ2n) is 7.70. The fourth-order valence-electron chi connectivity index (χ4n) is 4.28. The van der Waals surface area contributed by atoms with Gasteiger partial charge in [0, 0.05) is 24.6 Å². The molecule has 2 aliphatic heterocycles. The van der Waals surface area contributed by atoms with Crippen LogP contribution in [0, 0.1) is 12.8 Å². The summed E-state index contributed by atoms with van der Waals surface area (Å²) in [7, 11) is 0. The maximum atomic E-state index is 13.4. The number of hydrogen-bond acceptors (Lipinski definition) is 3. The average molecular weight is 376 g/mol. The number of amides is 2. The van der Waals surface area contributed by atoms with Crippen molar-refractivity contribution in [1.29, 1.82) is 0 Å². The van der Waals surface area contributed by atoms with Gasteiger partial charge in [-0.1, -0.05) is 42.0 Å². The molecule has 2 heterocycles. The van der Waals surface area contributed by atoms with Crippen LogP contribution in [0.2, 0.25) is 0 Å². The summed E-state index contributed by atoms with van der Waals surface area (Å²) in [6, 6.07) is 15.2. The van der Waals surface area contributed by atoms with Gasteiger partial charge in [-0.2, -0.15) is 0 Å². The summed E-state index contributed by atoms with van der Waals surface area (Å²) < 4.78 is 6.21. The van der Waals surface area contributed by atoms with Crippen LogP contribution in [0.25, 0.3) is 0 Å². The Morgan fingerprint density at radius 2 is 2.00 bits per heavy atom. The molecule has 0 radical (unpaired) electrons. The Balaban J connectivity index is 1.73. The highest BCUT2D eigenvalue weighted by atomic mass is 16.5. The zero-order valence-corrected chi connectivity index (χ0v) is 16.1. The van der Waals surface area contributed by atoms with E-state index in [4.69, 9.17) is 4.74 Å². The first-order chi connectivity index (χ1) is 13.4. The van der Waals surface area contributed by atoms with E-state index in [0.29, 0.717) is 18.7 Å². The van der Waals surface area contributed by atoms with Crippen molar-refractivity contribution in [3.63, 3.8) is 0 Å². The van der Waals surface area contributed by atoms with E-state index in [1.54, 1.807) is 11.0 Å². The van der Waals surface area contributed by atoms with Crippen LogP contribution in [0.5, 0.6) is 5.75 Å². The molecule has 1 N–H and O–H groups in total. The minimum absolute atomic E-state index is 0.224. The highest BCUT2D eigenvalue weighted by molar-refractivity contribution is 6.08. The third-order valence-electron chi connectivity index (χ3n) is 5.67. The number of hydrogen-bond donors (Lipinski definition) is 1. The molecule has 0 saturated carbocycles. The lowest BCUT2D eigenvalue weighted by Gasteiger charge is -2.52. The molecule has 5 nitrogen and oxygen atoms in total. The molecule has 0 unspecified atom stereocenters. The van der Waals surface area contributed by atoms with E-state index in [-0.39, 0.29) is 17.7 Å². The molecule has 2 aromatic rings. The van der Waals surface area contributed by atoms with Gasteiger partial charge in [0.25, 0.3) is 0 Å². The van der Waals surface area contributed by atoms with Gasteiger partial charge in [0.2, 0.25) is 11.8 Å². The molecule has 2 aromatic carbocycles. The van der Waals surface area contributed by atoms with Gasteiger partial charge in [0.15, 0.2) is 5.72 Å². The second kappa shape index (κ2) is 6.82. The van der Waals surface area contributed by atoms with Crippen LogP contribution in [0.3, 0.4) is 0 Å². The van der Waals surface area contributed by atoms with Crippen molar-refractivity contribution in [2.24, 2.45) is 5.92 Å². The number of carbonyl (C=O) groups excluding carboxylic acids is 2. The molecule has 3 atom stereocenters. The minimum atomic E-state index is -0.806. The van der Waals surface area contributed by atoms with Gasteiger partial charge in [0.05, 0.1) is 0 Å². The topological polar surface area (TPSA) is 58.6 Å². The smallest absolute Gasteiger partial charge is 0.239 e. The van der Waals surface area contributed by atoms with Gasteiger partial charge >= 0.3 is 0 Å². The summed E-state index contributed by atoms with van der Waals surface area (Å²) in [5, 5.41) is 2.93. The number of likely N-dealkylation sites (tertiary alicyclic amines) is 1. The third-order valence-corrected chi connectivity index (χ3v) is 5.67. The number of ether oxygens (including phenoxy) is 1. The predicted octanol–water partition coefficient (Wildman–Crippen LogP) is 3.86. The molecule has 0 aromatic heterocycles. The number of fused-ring (bicyclic) bond motifs is 4. The van der Waals surface area contributed by atoms with Crippen molar-refractivity contribution in [2.45, 2.75) is 31.9 Å². The summed E-state index contributed by atoms with van der Waals surface area (Å²) in [5.74, 6) is -0.811. The fraction of sp³-hybridized carbons (Fsp3) is 0.304. The van der Waals surface area contributed by atoms with E-state index in [9.17, 15) is 9.59 Å². The van der Waals surface area contributed by atoms with E-state index < -0.39 is 11.6 Å². The Kier molecular flexibility index (Phi) is 4.46. The standard InChI is InChI=1S/C23H24N2O3/c1-4-13-25-22(27)20(21(26)24-16-11-9-15(2)10-12-16)18-14-23(25,3)28-19-8-6-5-7-17(18)19/h4-12,18,20H,1,13-14H2,2-3H3,(H,24,26)/t18-,20-,23-/m1/s1. The molecule has 0 spiro atoms. The van der Waals surface area contributed by atoms with Gasteiger partial charge in [-0.15, -0.1) is 6.58 Å². The molecule has 28 heavy (non-hydrogen) atoms. The maximum absolute atomic E-state index is 13.4. The van der Waals surface area contributed by atoms with Gasteiger partial charge < -0.3 is 15.0 Å². The number of aryl methyl sites for hydroxylation is 1. The largest absolute Gasteiger partial charge is 0.468 e. The van der Waals surface area contributed by atoms with Gasteiger partial charge in [-0.25, -0.2) is 0 Å². The molecule has 1 saturated heterocycles. The minimum Gasteiger partial charge on any atom is -0.468 e. The molecule has 2 amide bonds. The van der Waals surface area contributed by atoms with Crippen LogP contribution < -0.4 is 10.1 Å². The number of nitrogens with one attached hydrogen (secondary N) is 1. The first-order valence-corrected chi connectivity index (χ1v) is 9.51. The summed E-state index contributed by atoms with van der Waals surface area (Å²) in [4.78, 5) is 28.2. The monoisotopic (exact) mass is 376 g/mol. The Morgan fingerprint density at radius 3 is 2.71 bits per heavy atom. The number of para-hydroxylation sites is 1. The van der Waals surface area contributed by atoms with Crippen molar-refractivity contribution in [2.75, 3.05) is 11.9 Å². The van der Waals surface area contributed by atoms with Crippen LogP contribution >= 0.6 is 0 Å². The predicted molar refractivity (Wildman–Crippen MR) is 108 cm³/mol. The first-order valence-electron chi connectivity index (χ1n) is 9.51. The number of anilines is 1. The second-order valence-corrected chi connectivity index (χ2v) is 7.70. The van der Waals surface area contributed by atoms with E-state index in [2.05, 4.69) is 11.9 Å². The number of rotatable bonds is 4. The number of benzene rings is 2. The molecule has 144 valence electrons. The number of piperidine rings is 1. The molecule has 2 aliphatic rings. The highest BCUT2D eigenvalue weighted by Gasteiger charge is 2.55. The zero-order valence-electron chi connectivity index (χ0n) is 16.1. The van der Waals surface area contributed by atoms with Gasteiger partial charge in [-0.3, -0.25) is 9.59 Å². The van der Waals surface area contributed by atoms with E-state index in [1.165, 1.54) is 0 Å².